The number of piperazine rings is 1. The van der Waals surface area contributed by atoms with Crippen LogP contribution in [-0.4, -0.2) is 68.9 Å². The molecule has 1 aliphatic heterocycles. The molecule has 0 unspecified atom stereocenters. The molecule has 1 saturated carbocycles. The second-order valence-electron chi connectivity index (χ2n) is 9.38. The van der Waals surface area contributed by atoms with Gasteiger partial charge in [-0.05, 0) is 50.1 Å². The number of anilines is 2. The van der Waals surface area contributed by atoms with E-state index in [0.717, 1.165) is 50.3 Å². The standard InChI is InChI=1S/C28H38N4O4/c1-2-35-26-14-7-6-13-25(26)30-28(34)36-20-19-31-15-17-32(18-16-31)24-12-8-9-22(21-24)27(33)29-23-10-4-3-5-11-23/h6-9,12-14,21,23H,2-5,10-11,15-20H2,1H3,(H,29,33)(H,30,34). The van der Waals surface area contributed by atoms with Crippen molar-refractivity contribution in [2.45, 2.75) is 45.1 Å². The van der Waals surface area contributed by atoms with Gasteiger partial charge < -0.3 is 19.7 Å². The van der Waals surface area contributed by atoms with E-state index >= 15 is 0 Å². The van der Waals surface area contributed by atoms with E-state index < -0.39 is 6.09 Å². The lowest BCUT2D eigenvalue weighted by atomic mass is 9.95. The Morgan fingerprint density at radius 3 is 2.53 bits per heavy atom. The Labute approximate surface area is 213 Å². The van der Waals surface area contributed by atoms with Crippen LogP contribution in [0.1, 0.15) is 49.4 Å². The summed E-state index contributed by atoms with van der Waals surface area (Å²) >= 11 is 0. The second-order valence-corrected chi connectivity index (χ2v) is 9.38. The summed E-state index contributed by atoms with van der Waals surface area (Å²) in [7, 11) is 0. The van der Waals surface area contributed by atoms with Crippen LogP contribution in [0.4, 0.5) is 16.2 Å². The Hall–Kier alpha value is -3.26. The van der Waals surface area contributed by atoms with Gasteiger partial charge >= 0.3 is 6.09 Å². The molecule has 2 aliphatic rings. The van der Waals surface area contributed by atoms with Gasteiger partial charge in [0.2, 0.25) is 0 Å². The topological polar surface area (TPSA) is 83.1 Å². The summed E-state index contributed by atoms with van der Waals surface area (Å²) < 4.78 is 10.9. The third kappa shape index (κ3) is 7.37. The van der Waals surface area contributed by atoms with Crippen molar-refractivity contribution in [3.63, 3.8) is 0 Å². The maximum Gasteiger partial charge on any atom is 0.411 e. The molecular weight excluding hydrogens is 456 g/mol. The molecule has 194 valence electrons. The van der Waals surface area contributed by atoms with E-state index in [2.05, 4.69) is 26.5 Å². The molecular formula is C28H38N4O4. The lowest BCUT2D eigenvalue weighted by Crippen LogP contribution is -2.47. The molecule has 2 fully saturated rings. The minimum atomic E-state index is -0.482. The highest BCUT2D eigenvalue weighted by Crippen LogP contribution is 2.24. The molecule has 2 aromatic carbocycles. The highest BCUT2D eigenvalue weighted by atomic mass is 16.5. The van der Waals surface area contributed by atoms with Gasteiger partial charge in [-0.15, -0.1) is 0 Å². The fraction of sp³-hybridized carbons (Fsp3) is 0.500. The zero-order valence-electron chi connectivity index (χ0n) is 21.2. The summed E-state index contributed by atoms with van der Waals surface area (Å²) in [4.78, 5) is 29.6. The van der Waals surface area contributed by atoms with Crippen molar-refractivity contribution in [1.29, 1.82) is 0 Å². The number of rotatable bonds is 9. The van der Waals surface area contributed by atoms with Gasteiger partial charge in [0.05, 0.1) is 12.3 Å². The van der Waals surface area contributed by atoms with Crippen LogP contribution in [0.5, 0.6) is 5.75 Å². The average Bonchev–Trinajstić information content (AvgIpc) is 2.91. The van der Waals surface area contributed by atoms with Gasteiger partial charge in [-0.1, -0.05) is 37.5 Å². The number of para-hydroxylation sites is 2. The molecule has 36 heavy (non-hydrogen) atoms. The fourth-order valence-corrected chi connectivity index (χ4v) is 4.85. The Kier molecular flexibility index (Phi) is 9.44. The van der Waals surface area contributed by atoms with Crippen molar-refractivity contribution in [2.24, 2.45) is 0 Å². The van der Waals surface area contributed by atoms with Crippen LogP contribution in [0.3, 0.4) is 0 Å². The summed E-state index contributed by atoms with van der Waals surface area (Å²) in [5.41, 5.74) is 2.41. The summed E-state index contributed by atoms with van der Waals surface area (Å²) in [6.07, 6.45) is 5.36. The zero-order valence-corrected chi connectivity index (χ0v) is 21.2. The number of carbonyl (C=O) groups is 2. The predicted molar refractivity (Wildman–Crippen MR) is 142 cm³/mol. The SMILES string of the molecule is CCOc1ccccc1NC(=O)OCCN1CCN(c2cccc(C(=O)NC3CCCCC3)c2)CC1. The first-order chi connectivity index (χ1) is 17.6. The molecule has 2 N–H and O–H groups in total. The van der Waals surface area contributed by atoms with E-state index in [4.69, 9.17) is 9.47 Å². The maximum absolute atomic E-state index is 12.7. The summed E-state index contributed by atoms with van der Waals surface area (Å²) in [5.74, 6) is 0.658. The molecule has 8 heteroatoms. The van der Waals surface area contributed by atoms with Crippen molar-refractivity contribution in [2.75, 3.05) is 56.2 Å². The summed E-state index contributed by atoms with van der Waals surface area (Å²) in [6, 6.07) is 15.6. The average molecular weight is 495 g/mol. The van der Waals surface area contributed by atoms with E-state index in [0.29, 0.717) is 37.2 Å². The third-order valence-electron chi connectivity index (χ3n) is 6.85. The van der Waals surface area contributed by atoms with Crippen LogP contribution in [0.2, 0.25) is 0 Å². The minimum Gasteiger partial charge on any atom is -0.492 e. The molecule has 0 aromatic heterocycles. The van der Waals surface area contributed by atoms with Crippen molar-refractivity contribution in [3.8, 4) is 5.75 Å². The number of nitrogens with zero attached hydrogens (tertiary/aromatic N) is 2. The summed E-state index contributed by atoms with van der Waals surface area (Å²) in [5, 5.41) is 5.97. The Morgan fingerprint density at radius 1 is 0.972 bits per heavy atom. The van der Waals surface area contributed by atoms with Gasteiger partial charge in [0, 0.05) is 50.0 Å². The number of nitrogens with one attached hydrogen (secondary N) is 2. The minimum absolute atomic E-state index is 0.0293. The van der Waals surface area contributed by atoms with Gasteiger partial charge in [0.15, 0.2) is 0 Å². The van der Waals surface area contributed by atoms with Crippen molar-refractivity contribution >= 4 is 23.4 Å². The van der Waals surface area contributed by atoms with E-state index in [1.54, 1.807) is 6.07 Å². The number of benzene rings is 2. The van der Waals surface area contributed by atoms with Crippen molar-refractivity contribution < 1.29 is 19.1 Å². The molecule has 1 saturated heterocycles. The van der Waals surface area contributed by atoms with Crippen LogP contribution in [0.15, 0.2) is 48.5 Å². The van der Waals surface area contributed by atoms with E-state index in [-0.39, 0.29) is 5.91 Å². The van der Waals surface area contributed by atoms with Crippen LogP contribution in [0.25, 0.3) is 0 Å². The number of carbonyl (C=O) groups excluding carboxylic acids is 2. The van der Waals surface area contributed by atoms with Crippen LogP contribution in [-0.2, 0) is 4.74 Å². The van der Waals surface area contributed by atoms with Crippen molar-refractivity contribution in [1.82, 2.24) is 10.2 Å². The van der Waals surface area contributed by atoms with Gasteiger partial charge in [-0.25, -0.2) is 4.79 Å². The molecule has 0 bridgehead atoms. The molecule has 4 rings (SSSR count). The number of hydrogen-bond acceptors (Lipinski definition) is 6. The summed E-state index contributed by atoms with van der Waals surface area (Å²) in [6.45, 7) is 6.90. The van der Waals surface area contributed by atoms with Gasteiger partial charge in [0.25, 0.3) is 5.91 Å². The van der Waals surface area contributed by atoms with Crippen LogP contribution in [0, 0.1) is 0 Å². The smallest absolute Gasteiger partial charge is 0.411 e. The highest BCUT2D eigenvalue weighted by Gasteiger charge is 2.20. The fourth-order valence-electron chi connectivity index (χ4n) is 4.85. The molecule has 1 aliphatic carbocycles. The number of hydrogen-bond donors (Lipinski definition) is 2. The molecule has 2 amide bonds. The van der Waals surface area contributed by atoms with Gasteiger partial charge in [-0.3, -0.25) is 15.0 Å². The Morgan fingerprint density at radius 2 is 1.75 bits per heavy atom. The van der Waals surface area contributed by atoms with Crippen molar-refractivity contribution in [3.05, 3.63) is 54.1 Å². The normalized spacial score (nSPS) is 16.9. The lowest BCUT2D eigenvalue weighted by molar-refractivity contribution is 0.0927. The molecule has 1 heterocycles. The molecule has 0 spiro atoms. The van der Waals surface area contributed by atoms with Gasteiger partial charge in [0.1, 0.15) is 12.4 Å². The molecule has 0 atom stereocenters. The first-order valence-electron chi connectivity index (χ1n) is 13.2. The predicted octanol–water partition coefficient (Wildman–Crippen LogP) is 4.52. The Bertz CT molecular complexity index is 1000. The zero-order chi connectivity index (χ0) is 25.2. The monoisotopic (exact) mass is 494 g/mol. The van der Waals surface area contributed by atoms with Crippen LogP contribution < -0.4 is 20.3 Å². The maximum atomic E-state index is 12.7. The van der Waals surface area contributed by atoms with E-state index in [1.807, 2.05) is 43.3 Å². The van der Waals surface area contributed by atoms with Gasteiger partial charge in [-0.2, -0.15) is 0 Å². The highest BCUT2D eigenvalue weighted by molar-refractivity contribution is 5.95. The lowest BCUT2D eigenvalue weighted by Gasteiger charge is -2.36. The molecule has 0 radical (unpaired) electrons. The quantitative estimate of drug-likeness (QED) is 0.533. The number of ether oxygens (including phenoxy) is 2. The molecule has 2 aromatic rings. The first kappa shape index (κ1) is 25.8. The molecule has 8 nitrogen and oxygen atoms in total. The second kappa shape index (κ2) is 13.2. The van der Waals surface area contributed by atoms with Crippen LogP contribution >= 0.6 is 0 Å². The van der Waals surface area contributed by atoms with E-state index in [1.165, 1.54) is 19.3 Å². The Balaban J connectivity index is 1.19. The first-order valence-corrected chi connectivity index (χ1v) is 13.2. The third-order valence-corrected chi connectivity index (χ3v) is 6.85. The largest absolute Gasteiger partial charge is 0.492 e. The van der Waals surface area contributed by atoms with E-state index in [9.17, 15) is 9.59 Å². The number of amides is 2.